The van der Waals surface area contributed by atoms with Crippen molar-refractivity contribution in [2.45, 2.75) is 6.92 Å². The van der Waals surface area contributed by atoms with Crippen LogP contribution in [0.4, 0.5) is 11.4 Å². The summed E-state index contributed by atoms with van der Waals surface area (Å²) in [4.78, 5) is 7.23. The minimum Gasteiger partial charge on any atom is -0.370 e. The van der Waals surface area contributed by atoms with Crippen molar-refractivity contribution in [3.63, 3.8) is 0 Å². The molecule has 0 aliphatic carbocycles. The lowest BCUT2D eigenvalue weighted by atomic mass is 10.0. The molecule has 0 radical (unpaired) electrons. The number of anilines is 1. The number of halogens is 2. The van der Waals surface area contributed by atoms with Crippen molar-refractivity contribution in [2.24, 2.45) is 4.99 Å². The first kappa shape index (κ1) is 24.7. The number of aryl methyl sites for hydroxylation is 1. The van der Waals surface area contributed by atoms with Crippen LogP contribution in [-0.4, -0.2) is 30.0 Å². The highest BCUT2D eigenvalue weighted by molar-refractivity contribution is 9.09. The molecule has 4 aromatic carbocycles. The van der Waals surface area contributed by atoms with Crippen LogP contribution in [0.1, 0.15) is 11.3 Å². The van der Waals surface area contributed by atoms with Crippen LogP contribution < -0.4 is 9.47 Å². The van der Waals surface area contributed by atoms with Gasteiger partial charge in [-0.2, -0.15) is 4.57 Å². The van der Waals surface area contributed by atoms with Crippen LogP contribution in [-0.2, 0) is 0 Å². The van der Waals surface area contributed by atoms with Crippen LogP contribution in [0.3, 0.4) is 0 Å². The fourth-order valence-corrected chi connectivity index (χ4v) is 5.54. The molecule has 5 aromatic rings. The number of hydrogen-bond donors (Lipinski definition) is 0. The lowest BCUT2D eigenvalue weighted by molar-refractivity contribution is -0.568. The molecule has 5 heteroatoms. The monoisotopic (exact) mass is 600 g/mol. The summed E-state index contributed by atoms with van der Waals surface area (Å²) in [6, 6.07) is 34.4. The maximum Gasteiger partial charge on any atom is 0.230 e. The first-order valence-electron chi connectivity index (χ1n) is 12.1. The van der Waals surface area contributed by atoms with E-state index in [2.05, 4.69) is 145 Å². The number of benzene rings is 4. The standard InChI is InChI=1S/C31H28Br2N3/c1-23-6-2-5-9-30(23)36-27(15-16-29-28-8-4-3-7-24(28)10-17-31(29)36)22-34-25-11-13-26(14-12-25)35(20-18-32)21-19-33/h2-17,22H,18-21H2,1H3/q+1. The molecule has 3 nitrogen and oxygen atoms in total. The maximum atomic E-state index is 4.87. The third-order valence-corrected chi connectivity index (χ3v) is 7.20. The summed E-state index contributed by atoms with van der Waals surface area (Å²) in [6.07, 6.45) is 1.98. The van der Waals surface area contributed by atoms with E-state index in [0.717, 1.165) is 40.8 Å². The average molecular weight is 602 g/mol. The van der Waals surface area contributed by atoms with Crippen LogP contribution in [0.25, 0.3) is 27.4 Å². The number of fused-ring (bicyclic) bond motifs is 3. The van der Waals surface area contributed by atoms with E-state index in [0.29, 0.717) is 0 Å². The van der Waals surface area contributed by atoms with Crippen molar-refractivity contribution in [1.82, 2.24) is 0 Å². The molecule has 5 rings (SSSR count). The minimum atomic E-state index is 0.936. The first-order chi connectivity index (χ1) is 17.7. The van der Waals surface area contributed by atoms with Gasteiger partial charge in [0.15, 0.2) is 0 Å². The predicted molar refractivity (Wildman–Crippen MR) is 161 cm³/mol. The Morgan fingerprint density at radius 3 is 2.22 bits per heavy atom. The molecule has 0 aliphatic heterocycles. The Morgan fingerprint density at radius 2 is 1.47 bits per heavy atom. The van der Waals surface area contributed by atoms with Crippen LogP contribution in [0.2, 0.25) is 0 Å². The second kappa shape index (κ2) is 11.4. The minimum absolute atomic E-state index is 0.936. The number of para-hydroxylation sites is 1. The topological polar surface area (TPSA) is 19.5 Å². The zero-order valence-corrected chi connectivity index (χ0v) is 23.4. The largest absolute Gasteiger partial charge is 0.370 e. The highest BCUT2D eigenvalue weighted by Gasteiger charge is 2.20. The van der Waals surface area contributed by atoms with Gasteiger partial charge in [-0.15, -0.1) is 0 Å². The highest BCUT2D eigenvalue weighted by atomic mass is 79.9. The Hall–Kier alpha value is -3.02. The lowest BCUT2D eigenvalue weighted by Gasteiger charge is -2.22. The van der Waals surface area contributed by atoms with Crippen molar-refractivity contribution in [3.8, 4) is 5.69 Å². The number of pyridine rings is 1. The summed E-state index contributed by atoms with van der Waals surface area (Å²) in [6.45, 7) is 4.10. The zero-order chi connectivity index (χ0) is 24.9. The fraction of sp³-hybridized carbons (Fsp3) is 0.161. The van der Waals surface area contributed by atoms with E-state index in [9.17, 15) is 0 Å². The molecule has 0 saturated heterocycles. The number of hydrogen-bond acceptors (Lipinski definition) is 2. The third kappa shape index (κ3) is 5.09. The number of aromatic nitrogens is 1. The van der Waals surface area contributed by atoms with Gasteiger partial charge in [-0.3, -0.25) is 0 Å². The van der Waals surface area contributed by atoms with Gasteiger partial charge in [0.1, 0.15) is 0 Å². The normalized spacial score (nSPS) is 11.5. The molecule has 0 fully saturated rings. The van der Waals surface area contributed by atoms with E-state index < -0.39 is 0 Å². The molecule has 36 heavy (non-hydrogen) atoms. The highest BCUT2D eigenvalue weighted by Crippen LogP contribution is 2.25. The average Bonchev–Trinajstić information content (AvgIpc) is 2.92. The Balaban J connectivity index is 1.58. The van der Waals surface area contributed by atoms with Gasteiger partial charge in [-0.25, -0.2) is 4.99 Å². The van der Waals surface area contributed by atoms with E-state index in [1.165, 1.54) is 32.9 Å². The van der Waals surface area contributed by atoms with Gasteiger partial charge in [-0.05, 0) is 54.1 Å². The molecule has 1 aromatic heterocycles. The molecule has 0 unspecified atom stereocenters. The van der Waals surface area contributed by atoms with Crippen molar-refractivity contribution >= 4 is 71.1 Å². The molecule has 0 atom stereocenters. The molecule has 0 spiro atoms. The van der Waals surface area contributed by atoms with Crippen molar-refractivity contribution in [2.75, 3.05) is 28.6 Å². The van der Waals surface area contributed by atoms with E-state index in [1.54, 1.807) is 0 Å². The zero-order valence-electron chi connectivity index (χ0n) is 20.2. The van der Waals surface area contributed by atoms with Crippen LogP contribution >= 0.6 is 31.9 Å². The summed E-state index contributed by atoms with van der Waals surface area (Å²) in [5.74, 6) is 0. The molecule has 180 valence electrons. The SMILES string of the molecule is Cc1ccccc1-[n+]1c(C=Nc2ccc(N(CCBr)CCBr)cc2)ccc2c3ccccc3ccc21. The Labute approximate surface area is 229 Å². The number of nitrogens with zero attached hydrogens (tertiary/aromatic N) is 3. The van der Waals surface area contributed by atoms with E-state index in [1.807, 2.05) is 6.21 Å². The van der Waals surface area contributed by atoms with E-state index in [4.69, 9.17) is 4.99 Å². The molecular formula is C31H28Br2N3+. The Bertz CT molecular complexity index is 1520. The predicted octanol–water partition coefficient (Wildman–Crippen LogP) is 7.92. The maximum absolute atomic E-state index is 4.87. The van der Waals surface area contributed by atoms with Gasteiger partial charge < -0.3 is 4.90 Å². The van der Waals surface area contributed by atoms with Crippen LogP contribution in [0.5, 0.6) is 0 Å². The smallest absolute Gasteiger partial charge is 0.230 e. The van der Waals surface area contributed by atoms with Gasteiger partial charge >= 0.3 is 0 Å². The Morgan fingerprint density at radius 1 is 0.750 bits per heavy atom. The fourth-order valence-electron chi connectivity index (χ4n) is 4.68. The summed E-state index contributed by atoms with van der Waals surface area (Å²) >= 11 is 7.12. The number of alkyl halides is 2. The van der Waals surface area contributed by atoms with E-state index >= 15 is 0 Å². The second-order valence-electron chi connectivity index (χ2n) is 8.74. The van der Waals surface area contributed by atoms with Gasteiger partial charge in [0.25, 0.3) is 0 Å². The number of rotatable bonds is 8. The van der Waals surface area contributed by atoms with E-state index in [-0.39, 0.29) is 0 Å². The van der Waals surface area contributed by atoms with Gasteiger partial charge in [0.05, 0.1) is 17.3 Å². The first-order valence-corrected chi connectivity index (χ1v) is 14.4. The molecule has 0 N–H and O–H groups in total. The molecule has 1 heterocycles. The van der Waals surface area contributed by atoms with Crippen molar-refractivity contribution < 1.29 is 4.57 Å². The molecule has 0 aliphatic rings. The quantitative estimate of drug-likeness (QED) is 0.0765. The molecular weight excluding hydrogens is 574 g/mol. The van der Waals surface area contributed by atoms with Gasteiger partial charge in [0, 0.05) is 53.2 Å². The van der Waals surface area contributed by atoms with Gasteiger partial charge in [-0.1, -0.05) is 74.3 Å². The summed E-state index contributed by atoms with van der Waals surface area (Å²) in [5.41, 5.74) is 6.74. The lowest BCUT2D eigenvalue weighted by Crippen LogP contribution is -2.37. The third-order valence-electron chi connectivity index (χ3n) is 6.49. The molecule has 0 bridgehead atoms. The van der Waals surface area contributed by atoms with Crippen molar-refractivity contribution in [3.05, 3.63) is 108 Å². The second-order valence-corrected chi connectivity index (χ2v) is 10.3. The van der Waals surface area contributed by atoms with Crippen LogP contribution in [0.15, 0.2) is 102 Å². The summed E-state index contributed by atoms with van der Waals surface area (Å²) in [5, 5.41) is 5.62. The van der Waals surface area contributed by atoms with Crippen LogP contribution in [0, 0.1) is 6.92 Å². The molecule has 0 amide bonds. The summed E-state index contributed by atoms with van der Waals surface area (Å²) in [7, 11) is 0. The van der Waals surface area contributed by atoms with Crippen molar-refractivity contribution in [1.29, 1.82) is 0 Å². The number of aliphatic imine (C=N–C) groups is 1. The van der Waals surface area contributed by atoms with Gasteiger partial charge in [0.2, 0.25) is 16.9 Å². The molecule has 0 saturated carbocycles. The summed E-state index contributed by atoms with van der Waals surface area (Å²) < 4.78 is 2.32. The Kier molecular flexibility index (Phi) is 7.78.